The molecular formula is C46H28N2O2. The van der Waals surface area contributed by atoms with Crippen molar-refractivity contribution in [3.8, 4) is 56.2 Å². The highest BCUT2D eigenvalue weighted by atomic mass is 16.3. The molecule has 0 unspecified atom stereocenters. The van der Waals surface area contributed by atoms with E-state index in [0.29, 0.717) is 5.82 Å². The van der Waals surface area contributed by atoms with Crippen LogP contribution in [0.4, 0.5) is 0 Å². The molecule has 50 heavy (non-hydrogen) atoms. The van der Waals surface area contributed by atoms with Crippen LogP contribution in [-0.4, -0.2) is 9.97 Å². The van der Waals surface area contributed by atoms with Crippen molar-refractivity contribution in [2.45, 2.75) is 0 Å². The van der Waals surface area contributed by atoms with Crippen LogP contribution in [0.3, 0.4) is 0 Å². The van der Waals surface area contributed by atoms with E-state index in [9.17, 15) is 0 Å². The molecule has 10 rings (SSSR count). The van der Waals surface area contributed by atoms with Crippen molar-refractivity contribution in [2.75, 3.05) is 0 Å². The van der Waals surface area contributed by atoms with Crippen molar-refractivity contribution in [3.63, 3.8) is 0 Å². The summed E-state index contributed by atoms with van der Waals surface area (Å²) in [5.74, 6) is 0.677. The average molecular weight is 641 g/mol. The maximum Gasteiger partial charge on any atom is 0.160 e. The van der Waals surface area contributed by atoms with Gasteiger partial charge in [-0.2, -0.15) is 0 Å². The quantitative estimate of drug-likeness (QED) is 0.188. The number of aromatic nitrogens is 2. The van der Waals surface area contributed by atoms with Crippen molar-refractivity contribution >= 4 is 43.9 Å². The maximum atomic E-state index is 6.72. The average Bonchev–Trinajstić information content (AvgIpc) is 3.77. The molecular weight excluding hydrogens is 613 g/mol. The molecule has 0 aliphatic heterocycles. The van der Waals surface area contributed by atoms with Crippen molar-refractivity contribution in [1.29, 1.82) is 0 Å². The second kappa shape index (κ2) is 11.4. The lowest BCUT2D eigenvalue weighted by molar-refractivity contribution is 0.665. The molecule has 7 aromatic carbocycles. The number of hydrogen-bond donors (Lipinski definition) is 0. The summed E-state index contributed by atoms with van der Waals surface area (Å²) in [7, 11) is 0. The van der Waals surface area contributed by atoms with E-state index >= 15 is 0 Å². The molecule has 3 aromatic heterocycles. The SMILES string of the molecule is c1ccc(-c2ccc(-c3cc(-c4ccc5c(c4)oc4c(-c6cccc7c6oc6ccccc67)cccc45)nc(-c4ccccc4)n3)cc2)cc1. The highest BCUT2D eigenvalue weighted by Crippen LogP contribution is 2.42. The summed E-state index contributed by atoms with van der Waals surface area (Å²) < 4.78 is 13.1. The van der Waals surface area contributed by atoms with Crippen LogP contribution in [0.25, 0.3) is 100 Å². The number of hydrogen-bond acceptors (Lipinski definition) is 4. The third-order valence-corrected chi connectivity index (χ3v) is 9.53. The first-order valence-electron chi connectivity index (χ1n) is 16.7. The van der Waals surface area contributed by atoms with E-state index < -0.39 is 0 Å². The highest BCUT2D eigenvalue weighted by molar-refractivity contribution is 6.15. The van der Waals surface area contributed by atoms with E-state index in [2.05, 4.69) is 115 Å². The summed E-state index contributed by atoms with van der Waals surface area (Å²) >= 11 is 0. The van der Waals surface area contributed by atoms with Crippen molar-refractivity contribution in [2.24, 2.45) is 0 Å². The van der Waals surface area contributed by atoms with Gasteiger partial charge in [-0.3, -0.25) is 0 Å². The van der Waals surface area contributed by atoms with Crippen LogP contribution in [0.2, 0.25) is 0 Å². The van der Waals surface area contributed by atoms with E-state index in [1.807, 2.05) is 54.6 Å². The molecule has 0 amide bonds. The summed E-state index contributed by atoms with van der Waals surface area (Å²) in [4.78, 5) is 10.1. The van der Waals surface area contributed by atoms with Crippen LogP contribution in [0, 0.1) is 0 Å². The van der Waals surface area contributed by atoms with Crippen molar-refractivity contribution < 1.29 is 8.83 Å². The second-order valence-electron chi connectivity index (χ2n) is 12.5. The molecule has 4 heteroatoms. The molecule has 0 N–H and O–H groups in total. The molecule has 0 atom stereocenters. The smallest absolute Gasteiger partial charge is 0.160 e. The van der Waals surface area contributed by atoms with Crippen molar-refractivity contribution in [3.05, 3.63) is 170 Å². The van der Waals surface area contributed by atoms with Gasteiger partial charge in [-0.1, -0.05) is 146 Å². The molecule has 0 radical (unpaired) electrons. The lowest BCUT2D eigenvalue weighted by atomic mass is 9.99. The minimum atomic E-state index is 0.677. The molecule has 3 heterocycles. The molecule has 4 nitrogen and oxygen atoms in total. The zero-order valence-corrected chi connectivity index (χ0v) is 26.9. The van der Waals surface area contributed by atoms with Crippen LogP contribution in [0.1, 0.15) is 0 Å². The van der Waals surface area contributed by atoms with Crippen molar-refractivity contribution in [1.82, 2.24) is 9.97 Å². The van der Waals surface area contributed by atoms with Gasteiger partial charge >= 0.3 is 0 Å². The van der Waals surface area contributed by atoms with Crippen LogP contribution < -0.4 is 0 Å². The summed E-state index contributed by atoms with van der Waals surface area (Å²) in [6.07, 6.45) is 0. The lowest BCUT2D eigenvalue weighted by Crippen LogP contribution is -1.95. The fourth-order valence-electron chi connectivity index (χ4n) is 7.05. The third-order valence-electron chi connectivity index (χ3n) is 9.53. The van der Waals surface area contributed by atoms with Gasteiger partial charge in [-0.05, 0) is 35.4 Å². The summed E-state index contributed by atoms with van der Waals surface area (Å²) in [5.41, 5.74) is 12.4. The minimum Gasteiger partial charge on any atom is -0.455 e. The minimum absolute atomic E-state index is 0.677. The zero-order chi connectivity index (χ0) is 33.0. The molecule has 10 aromatic rings. The first-order chi connectivity index (χ1) is 24.8. The molecule has 0 spiro atoms. The maximum absolute atomic E-state index is 6.72. The third kappa shape index (κ3) is 4.69. The summed E-state index contributed by atoms with van der Waals surface area (Å²) in [6, 6.07) is 58.4. The van der Waals surface area contributed by atoms with Gasteiger partial charge in [0.05, 0.1) is 11.4 Å². The Kier molecular flexibility index (Phi) is 6.46. The van der Waals surface area contributed by atoms with Gasteiger partial charge in [-0.25, -0.2) is 9.97 Å². The number of benzene rings is 7. The predicted octanol–water partition coefficient (Wildman–Crippen LogP) is 12.6. The fraction of sp³-hybridized carbons (Fsp3) is 0. The fourth-order valence-corrected chi connectivity index (χ4v) is 7.05. The molecule has 0 aliphatic rings. The highest BCUT2D eigenvalue weighted by Gasteiger charge is 2.18. The Balaban J connectivity index is 1.11. The normalized spacial score (nSPS) is 11.6. The molecule has 0 saturated carbocycles. The second-order valence-corrected chi connectivity index (χ2v) is 12.5. The Bertz CT molecular complexity index is 2850. The van der Waals surface area contributed by atoms with Gasteiger partial charge < -0.3 is 8.83 Å². The molecule has 0 aliphatic carbocycles. The van der Waals surface area contributed by atoms with Gasteiger partial charge in [0.25, 0.3) is 0 Å². The van der Waals surface area contributed by atoms with Crippen LogP contribution >= 0.6 is 0 Å². The Morgan fingerprint density at radius 3 is 1.52 bits per heavy atom. The zero-order valence-electron chi connectivity index (χ0n) is 26.9. The Morgan fingerprint density at radius 1 is 0.320 bits per heavy atom. The number of nitrogens with zero attached hydrogens (tertiary/aromatic N) is 2. The van der Waals surface area contributed by atoms with E-state index in [1.54, 1.807) is 0 Å². The largest absolute Gasteiger partial charge is 0.455 e. The topological polar surface area (TPSA) is 52.1 Å². The molecule has 0 fully saturated rings. The van der Waals surface area contributed by atoms with E-state index in [4.69, 9.17) is 18.8 Å². The number of rotatable bonds is 5. The van der Waals surface area contributed by atoms with Gasteiger partial charge in [-0.15, -0.1) is 0 Å². The number of para-hydroxylation sites is 3. The van der Waals surface area contributed by atoms with Crippen LogP contribution in [-0.2, 0) is 0 Å². The monoisotopic (exact) mass is 640 g/mol. The lowest BCUT2D eigenvalue weighted by Gasteiger charge is -2.10. The Hall–Kier alpha value is -6.78. The Labute approximate surface area is 287 Å². The van der Waals surface area contributed by atoms with Crippen LogP contribution in [0.5, 0.6) is 0 Å². The van der Waals surface area contributed by atoms with Gasteiger partial charge in [0.1, 0.15) is 22.3 Å². The molecule has 0 saturated heterocycles. The van der Waals surface area contributed by atoms with E-state index in [0.717, 1.165) is 88.6 Å². The number of fused-ring (bicyclic) bond motifs is 6. The number of furan rings is 2. The van der Waals surface area contributed by atoms with Gasteiger partial charge in [0.2, 0.25) is 0 Å². The summed E-state index contributed by atoms with van der Waals surface area (Å²) in [5, 5.41) is 4.31. The van der Waals surface area contributed by atoms with E-state index in [-0.39, 0.29) is 0 Å². The molecule has 0 bridgehead atoms. The van der Waals surface area contributed by atoms with E-state index in [1.165, 1.54) is 5.56 Å². The molecule has 234 valence electrons. The standard InChI is InChI=1S/C46H28N2O2/c1-3-11-29(12-4-1)30-21-23-31(24-22-30)40-28-41(48-46(47-40)32-13-5-2-6-14-32)33-25-26-35-37-17-10-19-39(45(37)50-43(35)27-33)38-18-9-16-36-34-15-7-8-20-42(34)49-44(36)38/h1-28H. The van der Waals surface area contributed by atoms with Crippen LogP contribution in [0.15, 0.2) is 179 Å². The summed E-state index contributed by atoms with van der Waals surface area (Å²) in [6.45, 7) is 0. The predicted molar refractivity (Wildman–Crippen MR) is 204 cm³/mol. The van der Waals surface area contributed by atoms with Gasteiger partial charge in [0.15, 0.2) is 5.82 Å². The first kappa shape index (κ1) is 28.3. The first-order valence-corrected chi connectivity index (χ1v) is 16.7. The van der Waals surface area contributed by atoms with Gasteiger partial charge in [0, 0.05) is 49.4 Å². The Morgan fingerprint density at radius 2 is 0.820 bits per heavy atom.